The Morgan fingerprint density at radius 3 is 2.56 bits per heavy atom. The van der Waals surface area contributed by atoms with E-state index < -0.39 is 0 Å². The van der Waals surface area contributed by atoms with Crippen molar-refractivity contribution in [3.8, 4) is 0 Å². The van der Waals surface area contributed by atoms with E-state index in [4.69, 9.17) is 10.7 Å². The maximum atomic E-state index is 5.74. The van der Waals surface area contributed by atoms with E-state index in [0.29, 0.717) is 6.54 Å². The Bertz CT molecular complexity index is 370. The van der Waals surface area contributed by atoms with Crippen LogP contribution in [-0.4, -0.2) is 23.1 Å². The number of anilines is 1. The van der Waals surface area contributed by atoms with Crippen LogP contribution in [0.5, 0.6) is 0 Å². The van der Waals surface area contributed by atoms with Crippen LogP contribution < -0.4 is 10.6 Å². The van der Waals surface area contributed by atoms with Crippen molar-refractivity contribution in [2.45, 2.75) is 52.0 Å². The maximum absolute atomic E-state index is 5.74. The van der Waals surface area contributed by atoms with Crippen LogP contribution in [0.15, 0.2) is 6.20 Å². The molecule has 4 heteroatoms. The molecule has 1 aromatic heterocycles. The molecule has 0 bridgehead atoms. The highest BCUT2D eigenvalue weighted by atomic mass is 15.2. The zero-order valence-electron chi connectivity index (χ0n) is 11.4. The minimum absolute atomic E-state index is 0.537. The number of hydrogen-bond acceptors (Lipinski definition) is 4. The second-order valence-electron chi connectivity index (χ2n) is 5.00. The fourth-order valence-corrected chi connectivity index (χ4v) is 2.48. The Morgan fingerprint density at radius 1 is 1.22 bits per heavy atom. The second kappa shape index (κ2) is 6.69. The van der Waals surface area contributed by atoms with Gasteiger partial charge in [0.05, 0.1) is 5.69 Å². The standard InChI is InChI=1S/C14H24N4/c1-2-7-13-12(10-15)11-16-14(17-13)18-8-5-3-4-6-9-18/h11H,2-10,15H2,1H3. The maximum Gasteiger partial charge on any atom is 0.225 e. The monoisotopic (exact) mass is 248 g/mol. The van der Waals surface area contributed by atoms with E-state index in [-0.39, 0.29) is 0 Å². The van der Waals surface area contributed by atoms with Crippen molar-refractivity contribution in [3.63, 3.8) is 0 Å². The first-order valence-corrected chi connectivity index (χ1v) is 7.15. The van der Waals surface area contributed by atoms with E-state index >= 15 is 0 Å². The Hall–Kier alpha value is -1.16. The van der Waals surface area contributed by atoms with Gasteiger partial charge in [0, 0.05) is 31.4 Å². The van der Waals surface area contributed by atoms with Crippen LogP contribution in [-0.2, 0) is 13.0 Å². The highest BCUT2D eigenvalue weighted by Crippen LogP contribution is 2.17. The predicted octanol–water partition coefficient (Wildman–Crippen LogP) is 2.27. The zero-order valence-corrected chi connectivity index (χ0v) is 11.4. The quantitative estimate of drug-likeness (QED) is 0.888. The van der Waals surface area contributed by atoms with E-state index in [0.717, 1.165) is 43.1 Å². The number of aryl methyl sites for hydroxylation is 1. The predicted molar refractivity (Wildman–Crippen MR) is 74.6 cm³/mol. The second-order valence-corrected chi connectivity index (χ2v) is 5.00. The van der Waals surface area contributed by atoms with Crippen molar-refractivity contribution in [1.29, 1.82) is 0 Å². The van der Waals surface area contributed by atoms with E-state index in [2.05, 4.69) is 16.8 Å². The highest BCUT2D eigenvalue weighted by Gasteiger charge is 2.14. The Labute approximate surface area is 110 Å². The summed E-state index contributed by atoms with van der Waals surface area (Å²) in [6.45, 7) is 4.89. The number of nitrogens with two attached hydrogens (primary N) is 1. The van der Waals surface area contributed by atoms with Crippen molar-refractivity contribution in [2.24, 2.45) is 5.73 Å². The minimum Gasteiger partial charge on any atom is -0.341 e. The van der Waals surface area contributed by atoms with Crippen LogP contribution in [0, 0.1) is 0 Å². The van der Waals surface area contributed by atoms with E-state index in [1.807, 2.05) is 6.20 Å². The summed E-state index contributed by atoms with van der Waals surface area (Å²) in [6, 6.07) is 0. The van der Waals surface area contributed by atoms with Crippen molar-refractivity contribution in [2.75, 3.05) is 18.0 Å². The van der Waals surface area contributed by atoms with Crippen LogP contribution in [0.4, 0.5) is 5.95 Å². The third kappa shape index (κ3) is 3.19. The van der Waals surface area contributed by atoms with Crippen molar-refractivity contribution < 1.29 is 0 Å². The van der Waals surface area contributed by atoms with Crippen LogP contribution >= 0.6 is 0 Å². The first-order valence-electron chi connectivity index (χ1n) is 7.15. The third-order valence-corrected chi connectivity index (χ3v) is 3.54. The van der Waals surface area contributed by atoms with E-state index in [9.17, 15) is 0 Å². The van der Waals surface area contributed by atoms with E-state index in [1.165, 1.54) is 25.7 Å². The lowest BCUT2D eigenvalue weighted by atomic mass is 10.1. The summed E-state index contributed by atoms with van der Waals surface area (Å²) in [5, 5.41) is 0. The zero-order chi connectivity index (χ0) is 12.8. The van der Waals surface area contributed by atoms with Crippen molar-refractivity contribution in [3.05, 3.63) is 17.5 Å². The van der Waals surface area contributed by atoms with Crippen LogP contribution in [0.2, 0.25) is 0 Å². The molecule has 1 aliphatic rings. The van der Waals surface area contributed by atoms with Gasteiger partial charge in [0.15, 0.2) is 0 Å². The first kappa shape index (κ1) is 13.3. The molecule has 2 rings (SSSR count). The van der Waals surface area contributed by atoms with Gasteiger partial charge in [0.2, 0.25) is 5.95 Å². The molecule has 0 unspecified atom stereocenters. The summed E-state index contributed by atoms with van der Waals surface area (Å²) in [7, 11) is 0. The molecule has 0 amide bonds. The third-order valence-electron chi connectivity index (χ3n) is 3.54. The smallest absolute Gasteiger partial charge is 0.225 e. The molecule has 4 nitrogen and oxygen atoms in total. The van der Waals surface area contributed by atoms with Gasteiger partial charge in [-0.15, -0.1) is 0 Å². The summed E-state index contributed by atoms with van der Waals surface area (Å²) >= 11 is 0. The summed E-state index contributed by atoms with van der Waals surface area (Å²) in [5.41, 5.74) is 7.97. The van der Waals surface area contributed by atoms with Crippen LogP contribution in [0.1, 0.15) is 50.3 Å². The number of rotatable bonds is 4. The Kier molecular flexibility index (Phi) is 4.93. The molecular formula is C14H24N4. The molecule has 0 aromatic carbocycles. The molecule has 1 fully saturated rings. The van der Waals surface area contributed by atoms with Gasteiger partial charge in [-0.2, -0.15) is 0 Å². The summed E-state index contributed by atoms with van der Waals surface area (Å²) in [4.78, 5) is 11.6. The molecule has 18 heavy (non-hydrogen) atoms. The molecular weight excluding hydrogens is 224 g/mol. The van der Waals surface area contributed by atoms with E-state index in [1.54, 1.807) is 0 Å². The summed E-state index contributed by atoms with van der Waals surface area (Å²) in [6.07, 6.45) is 9.19. The molecule has 0 atom stereocenters. The van der Waals surface area contributed by atoms with Gasteiger partial charge in [-0.3, -0.25) is 0 Å². The molecule has 1 aliphatic heterocycles. The molecule has 0 radical (unpaired) electrons. The number of aromatic nitrogens is 2. The fourth-order valence-electron chi connectivity index (χ4n) is 2.48. The van der Waals surface area contributed by atoms with Gasteiger partial charge in [0.25, 0.3) is 0 Å². The van der Waals surface area contributed by atoms with Crippen molar-refractivity contribution >= 4 is 5.95 Å². The molecule has 1 saturated heterocycles. The summed E-state index contributed by atoms with van der Waals surface area (Å²) < 4.78 is 0. The van der Waals surface area contributed by atoms with Gasteiger partial charge in [0.1, 0.15) is 0 Å². The summed E-state index contributed by atoms with van der Waals surface area (Å²) in [5.74, 6) is 0.901. The van der Waals surface area contributed by atoms with Crippen LogP contribution in [0.25, 0.3) is 0 Å². The lowest BCUT2D eigenvalue weighted by molar-refractivity contribution is 0.726. The molecule has 100 valence electrons. The van der Waals surface area contributed by atoms with Gasteiger partial charge < -0.3 is 10.6 Å². The highest BCUT2D eigenvalue weighted by molar-refractivity contribution is 5.33. The molecule has 0 aliphatic carbocycles. The SMILES string of the molecule is CCCc1nc(N2CCCCCC2)ncc1CN. The first-order chi connectivity index (χ1) is 8.85. The van der Waals surface area contributed by atoms with Gasteiger partial charge in [-0.25, -0.2) is 9.97 Å². The average Bonchev–Trinajstić information content (AvgIpc) is 2.68. The molecule has 2 heterocycles. The Balaban J connectivity index is 2.18. The molecule has 2 N–H and O–H groups in total. The molecule has 1 aromatic rings. The topological polar surface area (TPSA) is 55.0 Å². The number of nitrogens with zero attached hydrogens (tertiary/aromatic N) is 3. The normalized spacial score (nSPS) is 16.7. The largest absolute Gasteiger partial charge is 0.341 e. The lowest BCUT2D eigenvalue weighted by Gasteiger charge is -2.21. The van der Waals surface area contributed by atoms with Crippen molar-refractivity contribution in [1.82, 2.24) is 9.97 Å². The average molecular weight is 248 g/mol. The van der Waals surface area contributed by atoms with Gasteiger partial charge >= 0.3 is 0 Å². The van der Waals surface area contributed by atoms with Gasteiger partial charge in [-0.1, -0.05) is 26.2 Å². The molecule has 0 saturated carbocycles. The van der Waals surface area contributed by atoms with Crippen LogP contribution in [0.3, 0.4) is 0 Å². The van der Waals surface area contributed by atoms with Gasteiger partial charge in [-0.05, 0) is 19.3 Å². The number of hydrogen-bond donors (Lipinski definition) is 1. The minimum atomic E-state index is 0.537. The molecule has 0 spiro atoms. The Morgan fingerprint density at radius 2 is 1.94 bits per heavy atom. The fraction of sp³-hybridized carbons (Fsp3) is 0.714. The lowest BCUT2D eigenvalue weighted by Crippen LogP contribution is -2.26.